The van der Waals surface area contributed by atoms with Crippen molar-refractivity contribution in [1.82, 2.24) is 4.90 Å². The smallest absolute Gasteiger partial charge is 0.0589 e. The largest absolute Gasteiger partial charge is 0.381 e. The molecule has 64 valence electrons. The molecular formula is C9H17NO. The van der Waals surface area contributed by atoms with Gasteiger partial charge in [0.1, 0.15) is 0 Å². The van der Waals surface area contributed by atoms with Gasteiger partial charge in [0.05, 0.1) is 6.10 Å². The summed E-state index contributed by atoms with van der Waals surface area (Å²) in [5.41, 5.74) is 0. The Morgan fingerprint density at radius 2 is 2.18 bits per heavy atom. The number of ether oxygens (including phenoxy) is 1. The molecule has 2 rings (SSSR count). The Labute approximate surface area is 68.5 Å². The van der Waals surface area contributed by atoms with Crippen molar-refractivity contribution in [3.63, 3.8) is 0 Å². The van der Waals surface area contributed by atoms with Crippen LogP contribution in [0.5, 0.6) is 0 Å². The zero-order valence-electron chi connectivity index (χ0n) is 7.42. The van der Waals surface area contributed by atoms with E-state index < -0.39 is 0 Å². The third-order valence-electron chi connectivity index (χ3n) is 3.37. The summed E-state index contributed by atoms with van der Waals surface area (Å²) in [7, 11) is 4.08. The second-order valence-electron chi connectivity index (χ2n) is 3.93. The first-order valence-electron chi connectivity index (χ1n) is 4.54. The summed E-state index contributed by atoms with van der Waals surface area (Å²) in [4.78, 5) is 2.49. The lowest BCUT2D eigenvalue weighted by atomic mass is 10.1. The van der Waals surface area contributed by atoms with Crippen molar-refractivity contribution in [2.24, 2.45) is 5.92 Å². The van der Waals surface area contributed by atoms with Gasteiger partial charge in [-0.1, -0.05) is 0 Å². The number of methoxy groups -OCH3 is 1. The molecule has 2 fully saturated rings. The van der Waals surface area contributed by atoms with Crippen LogP contribution in [0.15, 0.2) is 0 Å². The molecular weight excluding hydrogens is 138 g/mol. The van der Waals surface area contributed by atoms with Crippen molar-refractivity contribution >= 4 is 0 Å². The van der Waals surface area contributed by atoms with E-state index in [-0.39, 0.29) is 0 Å². The average Bonchev–Trinajstić information content (AvgIpc) is 2.53. The maximum atomic E-state index is 5.37. The zero-order chi connectivity index (χ0) is 7.84. The third-order valence-corrected chi connectivity index (χ3v) is 3.37. The number of likely N-dealkylation sites (tertiary alicyclic amines) is 1. The highest BCUT2D eigenvalue weighted by Gasteiger charge is 2.40. The standard InChI is InChI=1S/C9H17NO/c1-10-4-3-7-5-8(11-2)6-9(7)10/h7-9H,3-6H2,1-2H3. The minimum Gasteiger partial charge on any atom is -0.381 e. The molecule has 0 spiro atoms. The molecule has 2 heteroatoms. The predicted molar refractivity (Wildman–Crippen MR) is 44.6 cm³/mol. The van der Waals surface area contributed by atoms with Crippen LogP contribution in [0.25, 0.3) is 0 Å². The molecule has 1 aliphatic carbocycles. The van der Waals surface area contributed by atoms with Crippen molar-refractivity contribution < 1.29 is 4.74 Å². The van der Waals surface area contributed by atoms with E-state index in [0.717, 1.165) is 12.0 Å². The molecule has 0 bridgehead atoms. The van der Waals surface area contributed by atoms with Gasteiger partial charge in [-0.25, -0.2) is 0 Å². The molecule has 1 aliphatic heterocycles. The monoisotopic (exact) mass is 155 g/mol. The number of hydrogen-bond donors (Lipinski definition) is 0. The van der Waals surface area contributed by atoms with Gasteiger partial charge in [-0.05, 0) is 38.8 Å². The Bertz CT molecular complexity index is 148. The van der Waals surface area contributed by atoms with Gasteiger partial charge >= 0.3 is 0 Å². The maximum Gasteiger partial charge on any atom is 0.0589 e. The molecule has 1 saturated carbocycles. The quantitative estimate of drug-likeness (QED) is 0.562. The fourth-order valence-electron chi connectivity index (χ4n) is 2.63. The van der Waals surface area contributed by atoms with Crippen LogP contribution in [0.2, 0.25) is 0 Å². The highest BCUT2D eigenvalue weighted by atomic mass is 16.5. The maximum absolute atomic E-state index is 5.37. The van der Waals surface area contributed by atoms with E-state index in [2.05, 4.69) is 11.9 Å². The van der Waals surface area contributed by atoms with Crippen molar-refractivity contribution in [1.29, 1.82) is 0 Å². The normalized spacial score (nSPS) is 44.7. The SMILES string of the molecule is COC1CC2CCN(C)C2C1. The van der Waals surface area contributed by atoms with Crippen LogP contribution in [0.3, 0.4) is 0 Å². The fourth-order valence-corrected chi connectivity index (χ4v) is 2.63. The lowest BCUT2D eigenvalue weighted by molar-refractivity contribution is 0.0971. The topological polar surface area (TPSA) is 12.5 Å². The van der Waals surface area contributed by atoms with E-state index in [4.69, 9.17) is 4.74 Å². The van der Waals surface area contributed by atoms with Crippen LogP contribution >= 0.6 is 0 Å². The van der Waals surface area contributed by atoms with Gasteiger partial charge < -0.3 is 9.64 Å². The first-order valence-corrected chi connectivity index (χ1v) is 4.54. The number of nitrogens with zero attached hydrogens (tertiary/aromatic N) is 1. The second-order valence-corrected chi connectivity index (χ2v) is 3.93. The van der Waals surface area contributed by atoms with Gasteiger partial charge in [-0.2, -0.15) is 0 Å². The molecule has 0 amide bonds. The molecule has 1 saturated heterocycles. The Morgan fingerprint density at radius 3 is 2.82 bits per heavy atom. The average molecular weight is 155 g/mol. The summed E-state index contributed by atoms with van der Waals surface area (Å²) in [6, 6.07) is 0.833. The minimum absolute atomic E-state index is 0.549. The number of hydrogen-bond acceptors (Lipinski definition) is 2. The van der Waals surface area contributed by atoms with Crippen molar-refractivity contribution in [2.75, 3.05) is 20.7 Å². The van der Waals surface area contributed by atoms with Crippen LogP contribution in [0.1, 0.15) is 19.3 Å². The summed E-state index contributed by atoms with van der Waals surface area (Å²) in [5.74, 6) is 0.935. The first kappa shape index (κ1) is 7.56. The van der Waals surface area contributed by atoms with E-state index in [1.54, 1.807) is 0 Å². The number of rotatable bonds is 1. The first-order chi connectivity index (χ1) is 5.31. The van der Waals surface area contributed by atoms with Crippen LogP contribution in [0, 0.1) is 5.92 Å². The zero-order valence-corrected chi connectivity index (χ0v) is 7.42. The van der Waals surface area contributed by atoms with Crippen molar-refractivity contribution in [3.05, 3.63) is 0 Å². The van der Waals surface area contributed by atoms with Gasteiger partial charge in [0.2, 0.25) is 0 Å². The van der Waals surface area contributed by atoms with Crippen LogP contribution in [-0.4, -0.2) is 37.7 Å². The summed E-state index contributed by atoms with van der Waals surface area (Å²) < 4.78 is 5.37. The van der Waals surface area contributed by atoms with E-state index in [1.165, 1.54) is 25.8 Å². The highest BCUT2D eigenvalue weighted by Crippen LogP contribution is 2.37. The second kappa shape index (κ2) is 2.76. The third kappa shape index (κ3) is 1.18. The Kier molecular flexibility index (Phi) is 1.90. The van der Waals surface area contributed by atoms with Gasteiger partial charge in [-0.15, -0.1) is 0 Å². The molecule has 0 N–H and O–H groups in total. The molecule has 11 heavy (non-hydrogen) atoms. The van der Waals surface area contributed by atoms with E-state index in [0.29, 0.717) is 6.10 Å². The Morgan fingerprint density at radius 1 is 1.36 bits per heavy atom. The van der Waals surface area contributed by atoms with Gasteiger partial charge in [-0.3, -0.25) is 0 Å². The number of fused-ring (bicyclic) bond motifs is 1. The molecule has 3 unspecified atom stereocenters. The van der Waals surface area contributed by atoms with Crippen molar-refractivity contribution in [2.45, 2.75) is 31.4 Å². The summed E-state index contributed by atoms with van der Waals surface area (Å²) in [6.07, 6.45) is 4.50. The molecule has 0 aromatic heterocycles. The lowest BCUT2D eigenvalue weighted by Gasteiger charge is -2.17. The molecule has 1 heterocycles. The molecule has 2 aliphatic rings. The van der Waals surface area contributed by atoms with E-state index in [1.807, 2.05) is 7.11 Å². The Balaban J connectivity index is 1.98. The summed E-state index contributed by atoms with van der Waals surface area (Å²) >= 11 is 0. The minimum atomic E-state index is 0.549. The van der Waals surface area contributed by atoms with Crippen LogP contribution < -0.4 is 0 Å². The van der Waals surface area contributed by atoms with Crippen molar-refractivity contribution in [3.8, 4) is 0 Å². The lowest BCUT2D eigenvalue weighted by Crippen LogP contribution is -2.26. The molecule has 3 atom stereocenters. The molecule has 2 nitrogen and oxygen atoms in total. The van der Waals surface area contributed by atoms with Crippen LogP contribution in [0.4, 0.5) is 0 Å². The van der Waals surface area contributed by atoms with E-state index in [9.17, 15) is 0 Å². The molecule has 0 aromatic carbocycles. The van der Waals surface area contributed by atoms with Gasteiger partial charge in [0.25, 0.3) is 0 Å². The summed E-state index contributed by atoms with van der Waals surface area (Å²) in [6.45, 7) is 1.30. The van der Waals surface area contributed by atoms with E-state index >= 15 is 0 Å². The van der Waals surface area contributed by atoms with Crippen LogP contribution in [-0.2, 0) is 4.74 Å². The Hall–Kier alpha value is -0.0800. The molecule has 0 aromatic rings. The fraction of sp³-hybridized carbons (Fsp3) is 1.00. The highest BCUT2D eigenvalue weighted by molar-refractivity contribution is 4.94. The summed E-state index contributed by atoms with van der Waals surface area (Å²) in [5, 5.41) is 0. The van der Waals surface area contributed by atoms with Gasteiger partial charge in [0, 0.05) is 13.2 Å². The predicted octanol–water partition coefficient (Wildman–Crippen LogP) is 1.12. The molecule has 0 radical (unpaired) electrons. The van der Waals surface area contributed by atoms with Gasteiger partial charge in [0.15, 0.2) is 0 Å².